The lowest BCUT2D eigenvalue weighted by atomic mass is 9.98. The first-order valence-electron chi connectivity index (χ1n) is 7.46. The first kappa shape index (κ1) is 16.9. The molecule has 0 radical (unpaired) electrons. The van der Waals surface area contributed by atoms with Crippen LogP contribution in [-0.2, 0) is 10.2 Å². The van der Waals surface area contributed by atoms with E-state index in [2.05, 4.69) is 12.2 Å². The van der Waals surface area contributed by atoms with E-state index in [9.17, 15) is 8.42 Å². The van der Waals surface area contributed by atoms with E-state index in [-0.39, 0.29) is 0 Å². The molecule has 1 N–H and O–H groups in total. The van der Waals surface area contributed by atoms with Gasteiger partial charge >= 0.3 is 0 Å². The van der Waals surface area contributed by atoms with Gasteiger partial charge in [0.1, 0.15) is 0 Å². The summed E-state index contributed by atoms with van der Waals surface area (Å²) in [5, 5.41) is 3.17. The Labute approximate surface area is 118 Å². The summed E-state index contributed by atoms with van der Waals surface area (Å²) >= 11 is 0. The van der Waals surface area contributed by atoms with E-state index in [1.54, 1.807) is 8.61 Å². The maximum absolute atomic E-state index is 12.5. The van der Waals surface area contributed by atoms with Crippen LogP contribution >= 0.6 is 0 Å². The Morgan fingerprint density at radius 2 is 1.89 bits per heavy atom. The predicted molar refractivity (Wildman–Crippen MR) is 79.3 cm³/mol. The van der Waals surface area contributed by atoms with Crippen molar-refractivity contribution in [3.63, 3.8) is 0 Å². The Balaban J connectivity index is 2.57. The third kappa shape index (κ3) is 4.70. The summed E-state index contributed by atoms with van der Waals surface area (Å²) in [4.78, 5) is 0. The zero-order valence-electron chi connectivity index (χ0n) is 12.6. The normalized spacial score (nSPS) is 19.2. The molecule has 5 nitrogen and oxygen atoms in total. The fourth-order valence-electron chi connectivity index (χ4n) is 2.57. The van der Waals surface area contributed by atoms with Crippen molar-refractivity contribution in [3.05, 3.63) is 0 Å². The maximum atomic E-state index is 12.5. The third-order valence-electron chi connectivity index (χ3n) is 3.83. The molecule has 1 rings (SSSR count). The average Bonchev–Trinajstić information content (AvgIpc) is 2.40. The zero-order chi connectivity index (χ0) is 14.3. The summed E-state index contributed by atoms with van der Waals surface area (Å²) in [5.74, 6) is 0.613. The third-order valence-corrected chi connectivity index (χ3v) is 5.94. The molecule has 0 amide bonds. The van der Waals surface area contributed by atoms with Gasteiger partial charge in [0.2, 0.25) is 0 Å². The van der Waals surface area contributed by atoms with E-state index in [1.165, 1.54) is 0 Å². The summed E-state index contributed by atoms with van der Waals surface area (Å²) in [6, 6.07) is 0. The molecule has 114 valence electrons. The van der Waals surface area contributed by atoms with Crippen molar-refractivity contribution in [3.8, 4) is 0 Å². The Kier molecular flexibility index (Phi) is 7.28. The van der Waals surface area contributed by atoms with Crippen molar-refractivity contribution in [1.29, 1.82) is 0 Å². The second-order valence-corrected chi connectivity index (χ2v) is 7.18. The maximum Gasteiger partial charge on any atom is 0.281 e. The van der Waals surface area contributed by atoms with Crippen molar-refractivity contribution in [2.24, 2.45) is 5.92 Å². The molecule has 19 heavy (non-hydrogen) atoms. The van der Waals surface area contributed by atoms with Crippen LogP contribution < -0.4 is 5.32 Å². The van der Waals surface area contributed by atoms with Gasteiger partial charge < -0.3 is 5.32 Å². The van der Waals surface area contributed by atoms with Crippen LogP contribution in [0.25, 0.3) is 0 Å². The van der Waals surface area contributed by atoms with Gasteiger partial charge in [-0.3, -0.25) is 0 Å². The first-order chi connectivity index (χ1) is 9.06. The lowest BCUT2D eigenvalue weighted by Crippen LogP contribution is -2.48. The number of hydrogen-bond donors (Lipinski definition) is 1. The van der Waals surface area contributed by atoms with Gasteiger partial charge in [0.25, 0.3) is 10.2 Å². The van der Waals surface area contributed by atoms with E-state index in [4.69, 9.17) is 0 Å². The lowest BCUT2D eigenvalue weighted by Gasteiger charge is -2.34. The van der Waals surface area contributed by atoms with Crippen LogP contribution in [0.15, 0.2) is 0 Å². The number of hydrogen-bond acceptors (Lipinski definition) is 3. The highest BCUT2D eigenvalue weighted by Crippen LogP contribution is 2.21. The van der Waals surface area contributed by atoms with Crippen molar-refractivity contribution >= 4 is 10.2 Å². The molecule has 0 bridgehead atoms. The summed E-state index contributed by atoms with van der Waals surface area (Å²) < 4.78 is 28.3. The van der Waals surface area contributed by atoms with Crippen LogP contribution in [0.4, 0.5) is 0 Å². The molecule has 0 aromatic heterocycles. The van der Waals surface area contributed by atoms with Gasteiger partial charge in [-0.15, -0.1) is 0 Å². The smallest absolute Gasteiger partial charge is 0.281 e. The van der Waals surface area contributed by atoms with Crippen LogP contribution in [0.2, 0.25) is 0 Å². The SMILES string of the molecule is CCCCN(CC)S(=O)(=O)N1CCC(CNC)CC1. The summed E-state index contributed by atoms with van der Waals surface area (Å²) in [6.45, 7) is 7.53. The van der Waals surface area contributed by atoms with Crippen LogP contribution in [0.1, 0.15) is 39.5 Å². The van der Waals surface area contributed by atoms with Crippen molar-refractivity contribution < 1.29 is 8.42 Å². The standard InChI is InChI=1S/C13H29N3O2S/c1-4-6-9-15(5-2)19(17,18)16-10-7-13(8-11-16)12-14-3/h13-14H,4-12H2,1-3H3. The topological polar surface area (TPSA) is 52.7 Å². The molecule has 0 spiro atoms. The molecule has 0 atom stereocenters. The molecule has 6 heteroatoms. The van der Waals surface area contributed by atoms with Gasteiger partial charge in [-0.25, -0.2) is 0 Å². The largest absolute Gasteiger partial charge is 0.319 e. The number of nitrogens with zero attached hydrogens (tertiary/aromatic N) is 2. The molecule has 0 aromatic carbocycles. The number of unbranched alkanes of at least 4 members (excludes halogenated alkanes) is 1. The molecule has 1 heterocycles. The van der Waals surface area contributed by atoms with Crippen molar-refractivity contribution in [1.82, 2.24) is 13.9 Å². The molecule has 1 aliphatic heterocycles. The molecule has 1 aliphatic rings. The van der Waals surface area contributed by atoms with E-state index in [0.29, 0.717) is 32.1 Å². The number of rotatable bonds is 8. The molecule has 1 fully saturated rings. The fourth-order valence-corrected chi connectivity index (χ4v) is 4.25. The highest BCUT2D eigenvalue weighted by molar-refractivity contribution is 7.86. The Bertz CT molecular complexity index is 338. The summed E-state index contributed by atoms with van der Waals surface area (Å²) in [7, 11) is -1.29. The second-order valence-electron chi connectivity index (χ2n) is 5.25. The average molecular weight is 291 g/mol. The monoisotopic (exact) mass is 291 g/mol. The van der Waals surface area contributed by atoms with E-state index in [1.807, 2.05) is 14.0 Å². The van der Waals surface area contributed by atoms with Crippen molar-refractivity contribution in [2.45, 2.75) is 39.5 Å². The van der Waals surface area contributed by atoms with Gasteiger partial charge in [-0.05, 0) is 38.8 Å². The van der Waals surface area contributed by atoms with Gasteiger partial charge in [0.05, 0.1) is 0 Å². The molecule has 0 unspecified atom stereocenters. The first-order valence-corrected chi connectivity index (χ1v) is 8.85. The predicted octanol–water partition coefficient (Wildman–Crippen LogP) is 1.28. The minimum absolute atomic E-state index is 0.568. The Morgan fingerprint density at radius 3 is 2.37 bits per heavy atom. The quantitative estimate of drug-likeness (QED) is 0.733. The molecular formula is C13H29N3O2S. The minimum atomic E-state index is -3.24. The van der Waals surface area contributed by atoms with Gasteiger partial charge in [-0.1, -0.05) is 20.3 Å². The van der Waals surface area contributed by atoms with E-state index in [0.717, 1.165) is 32.2 Å². The minimum Gasteiger partial charge on any atom is -0.319 e. The molecule has 0 saturated carbocycles. The van der Waals surface area contributed by atoms with Crippen LogP contribution in [0.3, 0.4) is 0 Å². The molecular weight excluding hydrogens is 262 g/mol. The van der Waals surface area contributed by atoms with Gasteiger partial charge in [0.15, 0.2) is 0 Å². The van der Waals surface area contributed by atoms with E-state index < -0.39 is 10.2 Å². The fraction of sp³-hybridized carbons (Fsp3) is 1.00. The number of nitrogens with one attached hydrogen (secondary N) is 1. The molecule has 0 aromatic rings. The van der Waals surface area contributed by atoms with Gasteiger partial charge in [0, 0.05) is 26.2 Å². The number of piperidine rings is 1. The van der Waals surface area contributed by atoms with E-state index >= 15 is 0 Å². The second kappa shape index (κ2) is 8.19. The summed E-state index contributed by atoms with van der Waals surface area (Å²) in [6.07, 6.45) is 3.89. The molecule has 1 saturated heterocycles. The van der Waals surface area contributed by atoms with Crippen LogP contribution in [0, 0.1) is 5.92 Å². The summed E-state index contributed by atoms with van der Waals surface area (Å²) in [5.41, 5.74) is 0. The van der Waals surface area contributed by atoms with Crippen LogP contribution in [0.5, 0.6) is 0 Å². The highest BCUT2D eigenvalue weighted by atomic mass is 32.2. The molecule has 0 aliphatic carbocycles. The Morgan fingerprint density at radius 1 is 1.26 bits per heavy atom. The van der Waals surface area contributed by atoms with Crippen LogP contribution in [-0.4, -0.2) is 56.8 Å². The Hall–Kier alpha value is -0.170. The highest BCUT2D eigenvalue weighted by Gasteiger charge is 2.31. The van der Waals surface area contributed by atoms with Crippen molar-refractivity contribution in [2.75, 3.05) is 39.8 Å². The zero-order valence-corrected chi connectivity index (χ0v) is 13.4. The lowest BCUT2D eigenvalue weighted by molar-refractivity contribution is 0.252. The van der Waals surface area contributed by atoms with Gasteiger partial charge in [-0.2, -0.15) is 17.0 Å².